The molecule has 0 fully saturated rings. The second-order valence-electron chi connectivity index (χ2n) is 6.55. The van der Waals surface area contributed by atoms with E-state index >= 15 is 0 Å². The maximum atomic E-state index is 9.07. The lowest BCUT2D eigenvalue weighted by Crippen LogP contribution is -2.37. The molecule has 5 heterocycles. The Bertz CT molecular complexity index is 1140. The number of anilines is 2. The maximum Gasteiger partial charge on any atom is 0.190 e. The summed E-state index contributed by atoms with van der Waals surface area (Å²) in [5.41, 5.74) is 6.78. The van der Waals surface area contributed by atoms with Gasteiger partial charge >= 0.3 is 0 Å². The molecule has 0 atom stereocenters. The number of hydrazine groups is 2. The van der Waals surface area contributed by atoms with E-state index in [1.54, 1.807) is 23.3 Å². The molecular formula is C18H19N9O. The smallest absolute Gasteiger partial charge is 0.190 e. The molecule has 0 saturated carbocycles. The van der Waals surface area contributed by atoms with Crippen LogP contribution >= 0.6 is 0 Å². The van der Waals surface area contributed by atoms with Gasteiger partial charge in [0.05, 0.1) is 37.8 Å². The molecule has 0 saturated heterocycles. The fraction of sp³-hybridized carbons (Fsp3) is 0.222. The molecule has 0 aromatic carbocycles. The van der Waals surface area contributed by atoms with Gasteiger partial charge in [-0.25, -0.2) is 15.0 Å². The third-order valence-corrected chi connectivity index (χ3v) is 4.74. The number of pyridine rings is 1. The fourth-order valence-corrected chi connectivity index (χ4v) is 3.34. The number of H-pyrrole nitrogens is 1. The topological polar surface area (TPSA) is 111 Å². The first-order valence-electron chi connectivity index (χ1n) is 8.92. The second-order valence-corrected chi connectivity index (χ2v) is 6.55. The molecule has 0 unspecified atom stereocenters. The lowest BCUT2D eigenvalue weighted by molar-refractivity contribution is 0.269. The molecule has 10 nitrogen and oxygen atoms in total. The van der Waals surface area contributed by atoms with E-state index in [0.717, 1.165) is 33.7 Å². The lowest BCUT2D eigenvalue weighted by atomic mass is 10.2. The number of aromatic nitrogens is 6. The zero-order chi connectivity index (χ0) is 19.1. The summed E-state index contributed by atoms with van der Waals surface area (Å²) in [6.07, 6.45) is 9.05. The molecule has 0 bridgehead atoms. The van der Waals surface area contributed by atoms with Crippen LogP contribution in [0.2, 0.25) is 0 Å². The minimum atomic E-state index is 0.0406. The summed E-state index contributed by atoms with van der Waals surface area (Å²) in [5.74, 6) is 1.44. The van der Waals surface area contributed by atoms with E-state index in [0.29, 0.717) is 18.9 Å². The average Bonchev–Trinajstić information content (AvgIpc) is 3.41. The van der Waals surface area contributed by atoms with Gasteiger partial charge < -0.3 is 10.1 Å². The molecule has 4 aromatic heterocycles. The highest BCUT2D eigenvalue weighted by Crippen LogP contribution is 2.33. The zero-order valence-electron chi connectivity index (χ0n) is 15.2. The van der Waals surface area contributed by atoms with Gasteiger partial charge in [0.1, 0.15) is 5.65 Å². The number of aliphatic hydroxyl groups is 1. The van der Waals surface area contributed by atoms with Crippen LogP contribution in [0.1, 0.15) is 5.56 Å². The second kappa shape index (κ2) is 6.59. The van der Waals surface area contributed by atoms with Gasteiger partial charge in [-0.3, -0.25) is 15.1 Å². The summed E-state index contributed by atoms with van der Waals surface area (Å²) in [5, 5.41) is 18.3. The van der Waals surface area contributed by atoms with Crippen LogP contribution in [-0.2, 0) is 13.1 Å². The molecule has 0 aliphatic carbocycles. The normalized spacial score (nSPS) is 13.9. The van der Waals surface area contributed by atoms with Crippen LogP contribution in [0.25, 0.3) is 22.3 Å². The highest BCUT2D eigenvalue weighted by atomic mass is 16.3. The molecular weight excluding hydrogens is 358 g/mol. The molecule has 4 aromatic rings. The molecule has 142 valence electrons. The van der Waals surface area contributed by atoms with E-state index in [-0.39, 0.29) is 6.61 Å². The molecule has 0 amide bonds. The van der Waals surface area contributed by atoms with Crippen molar-refractivity contribution < 1.29 is 5.11 Å². The Labute approximate surface area is 160 Å². The zero-order valence-corrected chi connectivity index (χ0v) is 15.2. The number of rotatable bonds is 5. The van der Waals surface area contributed by atoms with Gasteiger partial charge in [-0.05, 0) is 12.1 Å². The fourth-order valence-electron chi connectivity index (χ4n) is 3.34. The van der Waals surface area contributed by atoms with Crippen LogP contribution in [0.3, 0.4) is 0 Å². The lowest BCUT2D eigenvalue weighted by Gasteiger charge is -2.24. The van der Waals surface area contributed by atoms with E-state index in [1.807, 2.05) is 35.6 Å². The first-order chi connectivity index (χ1) is 13.7. The van der Waals surface area contributed by atoms with Gasteiger partial charge in [-0.1, -0.05) is 0 Å². The summed E-state index contributed by atoms with van der Waals surface area (Å²) < 4.78 is 1.69. The molecule has 3 N–H and O–H groups in total. The number of aromatic amines is 1. The van der Waals surface area contributed by atoms with Crippen LogP contribution in [-0.4, -0.2) is 53.6 Å². The van der Waals surface area contributed by atoms with Crippen LogP contribution in [0.5, 0.6) is 0 Å². The predicted molar refractivity (Wildman–Crippen MR) is 104 cm³/mol. The number of nitrogens with one attached hydrogen (secondary N) is 2. The minimum Gasteiger partial charge on any atom is -0.394 e. The summed E-state index contributed by atoms with van der Waals surface area (Å²) in [6.45, 7) is 1.10. The van der Waals surface area contributed by atoms with Gasteiger partial charge in [0.25, 0.3) is 0 Å². The van der Waals surface area contributed by atoms with Crippen LogP contribution in [0.4, 0.5) is 11.6 Å². The quantitative estimate of drug-likeness (QED) is 0.479. The average molecular weight is 377 g/mol. The molecule has 0 radical (unpaired) electrons. The van der Waals surface area contributed by atoms with Gasteiger partial charge in [0, 0.05) is 42.2 Å². The van der Waals surface area contributed by atoms with Crippen LogP contribution < -0.4 is 10.4 Å². The first-order valence-corrected chi connectivity index (χ1v) is 8.92. The largest absolute Gasteiger partial charge is 0.394 e. The van der Waals surface area contributed by atoms with Gasteiger partial charge in [-0.2, -0.15) is 5.10 Å². The van der Waals surface area contributed by atoms with Crippen molar-refractivity contribution >= 4 is 22.7 Å². The summed E-state index contributed by atoms with van der Waals surface area (Å²) in [7, 11) is 1.93. The van der Waals surface area contributed by atoms with Crippen molar-refractivity contribution in [2.24, 2.45) is 0 Å². The predicted octanol–water partition coefficient (Wildman–Crippen LogP) is 1.40. The first kappa shape index (κ1) is 16.7. The number of hydrogen-bond donors (Lipinski definition) is 3. The monoisotopic (exact) mass is 377 g/mol. The summed E-state index contributed by atoms with van der Waals surface area (Å²) >= 11 is 0. The summed E-state index contributed by atoms with van der Waals surface area (Å²) in [4.78, 5) is 16.9. The SMILES string of the molecule is CN1Nc2ncc(-c3cnn(CCO)c3)nc2N1Cc1c[nH]c2ncccc12. The van der Waals surface area contributed by atoms with E-state index in [1.165, 1.54) is 0 Å². The maximum absolute atomic E-state index is 9.07. The Balaban J connectivity index is 1.48. The van der Waals surface area contributed by atoms with E-state index in [9.17, 15) is 0 Å². The Morgan fingerprint density at radius 2 is 2.14 bits per heavy atom. The Hall–Kier alpha value is -3.50. The van der Waals surface area contributed by atoms with Crippen LogP contribution in [0, 0.1) is 0 Å². The van der Waals surface area contributed by atoms with E-state index in [4.69, 9.17) is 10.1 Å². The highest BCUT2D eigenvalue weighted by Gasteiger charge is 2.28. The molecule has 1 aliphatic rings. The van der Waals surface area contributed by atoms with Crippen LogP contribution in [0.15, 0.2) is 43.1 Å². The molecule has 5 rings (SSSR count). The van der Waals surface area contributed by atoms with Gasteiger partial charge in [-0.15, -0.1) is 5.12 Å². The van der Waals surface area contributed by atoms with Crippen molar-refractivity contribution in [2.75, 3.05) is 24.1 Å². The molecule has 28 heavy (non-hydrogen) atoms. The van der Waals surface area contributed by atoms with Crippen molar-refractivity contribution in [3.63, 3.8) is 0 Å². The van der Waals surface area contributed by atoms with Gasteiger partial charge in [0.2, 0.25) is 0 Å². The Kier molecular flexibility index (Phi) is 3.92. The highest BCUT2D eigenvalue weighted by molar-refractivity contribution is 5.80. The molecule has 10 heteroatoms. The Morgan fingerprint density at radius 3 is 3.04 bits per heavy atom. The van der Waals surface area contributed by atoms with Crippen molar-refractivity contribution in [1.82, 2.24) is 34.8 Å². The van der Waals surface area contributed by atoms with Crippen molar-refractivity contribution in [3.8, 4) is 11.3 Å². The molecule has 0 spiro atoms. The van der Waals surface area contributed by atoms with Crippen molar-refractivity contribution in [2.45, 2.75) is 13.1 Å². The van der Waals surface area contributed by atoms with Crippen molar-refractivity contribution in [3.05, 3.63) is 48.7 Å². The number of hydrogen-bond acceptors (Lipinski definition) is 8. The minimum absolute atomic E-state index is 0.0406. The van der Waals surface area contributed by atoms with E-state index < -0.39 is 0 Å². The third kappa shape index (κ3) is 2.75. The number of aliphatic hydroxyl groups excluding tert-OH is 1. The number of nitrogens with zero attached hydrogens (tertiary/aromatic N) is 7. The van der Waals surface area contributed by atoms with Gasteiger partial charge in [0.15, 0.2) is 11.6 Å². The summed E-state index contributed by atoms with van der Waals surface area (Å²) in [6, 6.07) is 3.98. The molecule has 1 aliphatic heterocycles. The Morgan fingerprint density at radius 1 is 1.21 bits per heavy atom. The standard InChI is InChI=1S/C18H19N9O/c1-25-24-17-18(23-15(9-21-17)13-8-22-26(10-13)5-6-28)27(25)11-12-7-20-16-14(12)3-2-4-19-16/h2-4,7-10,28H,5-6,11H2,1H3,(H,19,20)(H,21,24). The number of fused-ring (bicyclic) bond motifs is 2. The van der Waals surface area contributed by atoms with Crippen molar-refractivity contribution in [1.29, 1.82) is 0 Å². The third-order valence-electron chi connectivity index (χ3n) is 4.74. The van der Waals surface area contributed by atoms with E-state index in [2.05, 4.69) is 31.5 Å².